The second kappa shape index (κ2) is 70.1. The zero-order valence-electron chi connectivity index (χ0n) is 42.8. The van der Waals surface area contributed by atoms with Crippen molar-refractivity contribution in [3.05, 3.63) is 13.2 Å². The van der Waals surface area contributed by atoms with E-state index in [1.807, 2.05) is 0 Å². The van der Waals surface area contributed by atoms with Gasteiger partial charge in [-0.05, 0) is 38.5 Å². The van der Waals surface area contributed by atoms with E-state index in [0.29, 0.717) is 0 Å². The van der Waals surface area contributed by atoms with E-state index >= 15 is 0 Å². The van der Waals surface area contributed by atoms with Crippen molar-refractivity contribution in [2.45, 2.75) is 329 Å². The molecule has 0 rings (SSSR count). The third-order valence-electron chi connectivity index (χ3n) is 12.0. The molecule has 0 aromatic rings. The van der Waals surface area contributed by atoms with Crippen molar-refractivity contribution in [1.29, 1.82) is 0 Å². The van der Waals surface area contributed by atoms with Gasteiger partial charge in [0.05, 0.1) is 0 Å². The first-order chi connectivity index (χ1) is 30.3. The molecule has 63 heavy (non-hydrogen) atoms. The van der Waals surface area contributed by atoms with Crippen LogP contribution in [0.2, 0.25) is 0 Å². The van der Waals surface area contributed by atoms with Crippen LogP contribution >= 0.6 is 0 Å². The first-order valence-corrected chi connectivity index (χ1v) is 27.4. The number of rotatable bonds is 48. The molecule has 0 aromatic heterocycles. The molecule has 0 aromatic carbocycles. The summed E-state index contributed by atoms with van der Waals surface area (Å²) in [6.07, 6.45) is 59.6. The Morgan fingerprint density at radius 3 is 0.429 bits per heavy atom. The molecule has 0 saturated heterocycles. The molecule has 0 aliphatic heterocycles. The van der Waals surface area contributed by atoms with E-state index in [4.69, 9.17) is 0 Å². The zero-order valence-corrected chi connectivity index (χ0v) is 46.2. The number of carboxylic acids is 3. The first kappa shape index (κ1) is 71.0. The third kappa shape index (κ3) is 85.0. The minimum absolute atomic E-state index is 0. The van der Waals surface area contributed by atoms with Crippen molar-refractivity contribution in [2.75, 3.05) is 0 Å². The number of carbonyl (C=O) groups is 3. The van der Waals surface area contributed by atoms with Crippen LogP contribution < -0.4 is 15.3 Å². The number of carbonyl (C=O) groups excluding carboxylic acids is 3. The molecule has 0 fully saturated rings. The number of hydrogen-bond acceptors (Lipinski definition) is 6. The van der Waals surface area contributed by atoms with Crippen molar-refractivity contribution in [3.63, 3.8) is 0 Å². The Balaban J connectivity index is -0.000000259. The smallest absolute Gasteiger partial charge is 0.550 e. The Hall–Kier alpha value is -0.967. The van der Waals surface area contributed by atoms with E-state index in [9.17, 15) is 29.7 Å². The van der Waals surface area contributed by atoms with Gasteiger partial charge in [0.2, 0.25) is 0 Å². The van der Waals surface area contributed by atoms with Crippen LogP contribution in [0.5, 0.6) is 0 Å². The van der Waals surface area contributed by atoms with Gasteiger partial charge in [-0.2, -0.15) is 0 Å². The maximum absolute atomic E-state index is 10.2. The summed E-state index contributed by atoms with van der Waals surface area (Å²) >= 11 is 0. The number of unbranched alkanes of at least 4 members (excludes halogenated alkanes) is 42. The molecular weight excluding hydrogens is 978 g/mol. The van der Waals surface area contributed by atoms with Gasteiger partial charge in [-0.15, -0.1) is 13.2 Å². The summed E-state index contributed by atoms with van der Waals surface area (Å²) < 4.78 is 0. The van der Waals surface area contributed by atoms with E-state index in [-0.39, 0.29) is 45.5 Å². The van der Waals surface area contributed by atoms with Gasteiger partial charge in [0.15, 0.2) is 0 Å². The Kier molecular flexibility index (Phi) is 79.0. The van der Waals surface area contributed by atoms with Gasteiger partial charge in [-0.3, -0.25) is 0 Å². The molecule has 0 aliphatic carbocycles. The molecule has 7 heteroatoms. The van der Waals surface area contributed by atoms with Crippen molar-refractivity contribution < 1.29 is 29.7 Å². The quantitative estimate of drug-likeness (QED) is 0.0340. The summed E-state index contributed by atoms with van der Waals surface area (Å²) in [5, 5.41) is 30.7. The summed E-state index contributed by atoms with van der Waals surface area (Å²) in [5.41, 5.74) is 0. The molecule has 0 bridgehead atoms. The molecule has 374 valence electrons. The number of carboxylic acid groups (broad SMARTS) is 3. The fourth-order valence-electron chi connectivity index (χ4n) is 7.92. The van der Waals surface area contributed by atoms with Crippen LogP contribution in [0.15, 0.2) is 13.2 Å². The minimum atomic E-state index is -0.903. The Labute approximate surface area is 413 Å². The Bertz CT molecular complexity index is 732. The average Bonchev–Trinajstić information content (AvgIpc) is 3.26. The molecular formula is C56H109BiO6. The van der Waals surface area contributed by atoms with Gasteiger partial charge in [0.1, 0.15) is 0 Å². The number of aliphatic carboxylic acids is 3. The van der Waals surface area contributed by atoms with Crippen LogP contribution in [-0.4, -0.2) is 44.1 Å². The van der Waals surface area contributed by atoms with Gasteiger partial charge < -0.3 is 29.7 Å². The van der Waals surface area contributed by atoms with Crippen LogP contribution in [0.3, 0.4) is 0 Å². The molecule has 0 amide bonds. The summed E-state index contributed by atoms with van der Waals surface area (Å²) in [6.45, 7) is 12.8. The minimum Gasteiger partial charge on any atom is -0.550 e. The Morgan fingerprint density at radius 1 is 0.238 bits per heavy atom. The van der Waals surface area contributed by atoms with E-state index < -0.39 is 17.9 Å². The van der Waals surface area contributed by atoms with Gasteiger partial charge in [-0.1, -0.05) is 290 Å². The van der Waals surface area contributed by atoms with Gasteiger partial charge >= 0.3 is 26.2 Å². The van der Waals surface area contributed by atoms with E-state index in [1.165, 1.54) is 250 Å². The van der Waals surface area contributed by atoms with Crippen molar-refractivity contribution in [3.8, 4) is 0 Å². The monoisotopic (exact) mass is 1090 g/mol. The molecule has 2 radical (unpaired) electrons. The summed E-state index contributed by atoms with van der Waals surface area (Å²) in [4.78, 5) is 30.7. The predicted molar refractivity (Wildman–Crippen MR) is 271 cm³/mol. The first-order valence-electron chi connectivity index (χ1n) is 27.4. The molecule has 6 nitrogen and oxygen atoms in total. The van der Waals surface area contributed by atoms with Gasteiger partial charge in [-0.25, -0.2) is 0 Å². The van der Waals surface area contributed by atoms with Crippen LogP contribution in [0.1, 0.15) is 329 Å². The number of hydrogen-bond donors (Lipinski definition) is 0. The molecule has 0 heterocycles. The van der Waals surface area contributed by atoms with Gasteiger partial charge in [0, 0.05) is 17.9 Å². The zero-order chi connectivity index (χ0) is 46.7. The fraction of sp³-hybridized carbons (Fsp3) is 0.911. The van der Waals surface area contributed by atoms with Crippen LogP contribution in [0, 0.1) is 0 Å². The fourth-order valence-corrected chi connectivity index (χ4v) is 7.92. The van der Waals surface area contributed by atoms with Crippen molar-refractivity contribution >= 4 is 44.1 Å². The molecule has 0 spiro atoms. The van der Waals surface area contributed by atoms with Gasteiger partial charge in [0.25, 0.3) is 0 Å². The summed E-state index contributed by atoms with van der Waals surface area (Å²) in [6, 6.07) is 0. The third-order valence-corrected chi connectivity index (χ3v) is 12.0. The topological polar surface area (TPSA) is 120 Å². The maximum atomic E-state index is 10.2. The van der Waals surface area contributed by atoms with Crippen molar-refractivity contribution in [1.82, 2.24) is 0 Å². The summed E-state index contributed by atoms with van der Waals surface area (Å²) in [7, 11) is 0. The van der Waals surface area contributed by atoms with E-state index in [2.05, 4.69) is 33.9 Å². The molecule has 0 N–H and O–H groups in total. The predicted octanol–water partition coefficient (Wildman–Crippen LogP) is 15.4. The summed E-state index contributed by atoms with van der Waals surface area (Å²) in [5.74, 6) is -2.71. The average molecular weight is 1090 g/mol. The maximum Gasteiger partial charge on any atom is 3.00 e. The molecule has 0 atom stereocenters. The standard InChI is InChI=1S/3C18H36O2.C2H4.Bi/c3*1-2-3-4-5-6-7-8-9-10-11-12-13-14-15-16-17-18(19)20;1-2;/h3*2-17H2,1H3,(H,19,20);1-2H2;/q;;;;+3/p-3. The molecule has 0 aliphatic rings. The molecule has 0 saturated carbocycles. The van der Waals surface area contributed by atoms with Crippen LogP contribution in [-0.2, 0) is 14.4 Å². The van der Waals surface area contributed by atoms with Crippen LogP contribution in [0.4, 0.5) is 0 Å². The molecule has 0 unspecified atom stereocenters. The van der Waals surface area contributed by atoms with E-state index in [0.717, 1.165) is 38.5 Å². The largest absolute Gasteiger partial charge is 3.00 e. The van der Waals surface area contributed by atoms with E-state index in [1.54, 1.807) is 0 Å². The van der Waals surface area contributed by atoms with Crippen LogP contribution in [0.25, 0.3) is 0 Å². The second-order valence-corrected chi connectivity index (χ2v) is 18.2. The normalized spacial score (nSPS) is 10.4. The Morgan fingerprint density at radius 2 is 0.333 bits per heavy atom. The van der Waals surface area contributed by atoms with Crippen molar-refractivity contribution in [2.24, 2.45) is 0 Å². The second-order valence-electron chi connectivity index (χ2n) is 18.2. The SMILES string of the molecule is C=C.CCCCCCCCCCCCCCCCCC(=O)[O-].CCCCCCCCCCCCCCCCCC(=O)[O-].CCCCCCCCCCCCCCCCCC(=O)[O-].[Bi+3].